The second kappa shape index (κ2) is 7.99. The molecule has 1 aromatic heterocycles. The highest BCUT2D eigenvalue weighted by Gasteiger charge is 2.37. The normalized spacial score (nSPS) is 21.7. The van der Waals surface area contributed by atoms with Gasteiger partial charge in [0.05, 0.1) is 18.7 Å². The predicted octanol–water partition coefficient (Wildman–Crippen LogP) is 3.39. The fraction of sp³-hybridized carbons (Fsp3) is 0.625. The lowest BCUT2D eigenvalue weighted by Gasteiger charge is -2.42. The van der Waals surface area contributed by atoms with Gasteiger partial charge in [-0.2, -0.15) is 0 Å². The van der Waals surface area contributed by atoms with Crippen molar-refractivity contribution in [1.29, 1.82) is 0 Å². The summed E-state index contributed by atoms with van der Waals surface area (Å²) in [6, 6.07) is 3.36. The second-order valence-electron chi connectivity index (χ2n) is 6.67. The van der Waals surface area contributed by atoms with Crippen molar-refractivity contribution in [1.82, 2.24) is 15.2 Å². The van der Waals surface area contributed by atoms with Crippen molar-refractivity contribution in [2.45, 2.75) is 38.5 Å². The SMILES string of the molecule is COCC1C(c2cc(Cl)nc(Br)c2)NCCN1C(=O)OC(C)(C)C. The third-order valence-electron chi connectivity index (χ3n) is 3.61. The molecule has 6 nitrogen and oxygen atoms in total. The summed E-state index contributed by atoms with van der Waals surface area (Å²) in [5, 5.41) is 3.83. The van der Waals surface area contributed by atoms with Gasteiger partial charge in [0.2, 0.25) is 0 Å². The molecule has 1 aliphatic rings. The van der Waals surface area contributed by atoms with Gasteiger partial charge in [0, 0.05) is 20.2 Å². The van der Waals surface area contributed by atoms with E-state index < -0.39 is 5.60 Å². The highest BCUT2D eigenvalue weighted by atomic mass is 79.9. The quantitative estimate of drug-likeness (QED) is 0.759. The first-order valence-corrected chi connectivity index (χ1v) is 8.93. The maximum Gasteiger partial charge on any atom is 0.410 e. The molecule has 1 N–H and O–H groups in total. The number of amides is 1. The van der Waals surface area contributed by atoms with Gasteiger partial charge in [-0.3, -0.25) is 4.90 Å². The van der Waals surface area contributed by atoms with Gasteiger partial charge < -0.3 is 14.8 Å². The molecule has 1 amide bonds. The molecule has 2 unspecified atom stereocenters. The van der Waals surface area contributed by atoms with E-state index >= 15 is 0 Å². The third kappa shape index (κ3) is 5.05. The lowest BCUT2D eigenvalue weighted by molar-refractivity contribution is -0.00877. The number of aromatic nitrogens is 1. The minimum atomic E-state index is -0.544. The van der Waals surface area contributed by atoms with E-state index in [2.05, 4.69) is 26.2 Å². The first-order chi connectivity index (χ1) is 11.2. The fourth-order valence-electron chi connectivity index (χ4n) is 2.73. The Balaban J connectivity index is 2.29. The van der Waals surface area contributed by atoms with Crippen LogP contribution in [0.5, 0.6) is 0 Å². The summed E-state index contributed by atoms with van der Waals surface area (Å²) >= 11 is 9.44. The zero-order valence-corrected chi connectivity index (χ0v) is 16.6. The van der Waals surface area contributed by atoms with Gasteiger partial charge in [0.15, 0.2) is 0 Å². The molecule has 2 rings (SSSR count). The van der Waals surface area contributed by atoms with Gasteiger partial charge in [-0.1, -0.05) is 11.6 Å². The lowest BCUT2D eigenvalue weighted by atomic mass is 9.97. The minimum Gasteiger partial charge on any atom is -0.444 e. The molecule has 0 spiro atoms. The Bertz CT molecular complexity index is 574. The average Bonchev–Trinajstić information content (AvgIpc) is 2.44. The molecule has 0 saturated carbocycles. The Labute approximate surface area is 156 Å². The summed E-state index contributed by atoms with van der Waals surface area (Å²) in [4.78, 5) is 18.4. The van der Waals surface area contributed by atoms with Gasteiger partial charge in [0.25, 0.3) is 0 Å². The minimum absolute atomic E-state index is 0.122. The third-order valence-corrected chi connectivity index (χ3v) is 4.21. The molecule has 8 heteroatoms. The first kappa shape index (κ1) is 19.4. The van der Waals surface area contributed by atoms with E-state index in [0.717, 1.165) is 5.56 Å². The molecular weight excluding hydrogens is 398 g/mol. The largest absolute Gasteiger partial charge is 0.444 e. The molecule has 134 valence electrons. The Kier molecular flexibility index (Phi) is 6.47. The predicted molar refractivity (Wildman–Crippen MR) is 96.3 cm³/mol. The number of hydrogen-bond donors (Lipinski definition) is 1. The highest BCUT2D eigenvalue weighted by molar-refractivity contribution is 9.10. The molecule has 0 aromatic carbocycles. The van der Waals surface area contributed by atoms with E-state index in [4.69, 9.17) is 21.1 Å². The van der Waals surface area contributed by atoms with Crippen molar-refractivity contribution >= 4 is 33.6 Å². The molecule has 24 heavy (non-hydrogen) atoms. The number of nitrogens with one attached hydrogen (secondary N) is 1. The number of rotatable bonds is 3. The maximum atomic E-state index is 12.6. The van der Waals surface area contributed by atoms with Crippen LogP contribution in [0.4, 0.5) is 4.79 Å². The number of carbonyl (C=O) groups excluding carboxylic acids is 1. The summed E-state index contributed by atoms with van der Waals surface area (Å²) < 4.78 is 11.5. The number of methoxy groups -OCH3 is 1. The van der Waals surface area contributed by atoms with Gasteiger partial charge in [-0.25, -0.2) is 9.78 Å². The van der Waals surface area contributed by atoms with E-state index in [0.29, 0.717) is 29.5 Å². The van der Waals surface area contributed by atoms with Crippen LogP contribution in [-0.2, 0) is 9.47 Å². The molecular formula is C16H23BrClN3O3. The van der Waals surface area contributed by atoms with Crippen LogP contribution >= 0.6 is 27.5 Å². The van der Waals surface area contributed by atoms with E-state index in [1.54, 1.807) is 18.1 Å². The number of carbonyl (C=O) groups is 1. The summed E-state index contributed by atoms with van der Waals surface area (Å²) in [5.41, 5.74) is 0.398. The molecule has 2 heterocycles. The van der Waals surface area contributed by atoms with Crippen LogP contribution in [0, 0.1) is 0 Å². The number of halogens is 2. The van der Waals surface area contributed by atoms with Gasteiger partial charge in [-0.05, 0) is 54.4 Å². The van der Waals surface area contributed by atoms with Crippen molar-refractivity contribution in [2.75, 3.05) is 26.8 Å². The summed E-state index contributed by atoms with van der Waals surface area (Å²) in [7, 11) is 1.62. The van der Waals surface area contributed by atoms with Crippen molar-refractivity contribution in [3.8, 4) is 0 Å². The van der Waals surface area contributed by atoms with Crippen LogP contribution < -0.4 is 5.32 Å². The monoisotopic (exact) mass is 419 g/mol. The van der Waals surface area contributed by atoms with Crippen molar-refractivity contribution in [2.24, 2.45) is 0 Å². The van der Waals surface area contributed by atoms with Crippen LogP contribution in [0.15, 0.2) is 16.7 Å². The standard InChI is InChI=1S/C16H23BrClN3O3/c1-16(2,3)24-15(22)21-6-5-19-14(11(21)9-23-4)10-7-12(17)20-13(18)8-10/h7-8,11,14,19H,5-6,9H2,1-4H3. The number of piperazine rings is 1. The van der Waals surface area contributed by atoms with Gasteiger partial charge in [0.1, 0.15) is 15.4 Å². The molecule has 1 saturated heterocycles. The molecule has 1 aliphatic heterocycles. The number of nitrogens with zero attached hydrogens (tertiary/aromatic N) is 2. The van der Waals surface area contributed by atoms with Gasteiger partial charge >= 0.3 is 6.09 Å². The molecule has 0 bridgehead atoms. The summed E-state index contributed by atoms with van der Waals surface area (Å²) in [6.07, 6.45) is -0.338. The van der Waals surface area contributed by atoms with Crippen LogP contribution in [0.1, 0.15) is 32.4 Å². The zero-order chi connectivity index (χ0) is 17.9. The first-order valence-electron chi connectivity index (χ1n) is 7.76. The van der Waals surface area contributed by atoms with E-state index in [1.807, 2.05) is 26.8 Å². The van der Waals surface area contributed by atoms with Crippen molar-refractivity contribution in [3.05, 3.63) is 27.5 Å². The molecule has 1 fully saturated rings. The molecule has 1 aromatic rings. The maximum absolute atomic E-state index is 12.6. The number of hydrogen-bond acceptors (Lipinski definition) is 5. The number of pyridine rings is 1. The Morgan fingerprint density at radius 2 is 2.21 bits per heavy atom. The van der Waals surface area contributed by atoms with Crippen molar-refractivity contribution in [3.63, 3.8) is 0 Å². The topological polar surface area (TPSA) is 63.7 Å². The highest BCUT2D eigenvalue weighted by Crippen LogP contribution is 2.29. The molecule has 0 radical (unpaired) electrons. The van der Waals surface area contributed by atoms with E-state index in [-0.39, 0.29) is 18.2 Å². The van der Waals surface area contributed by atoms with Crippen LogP contribution in [-0.4, -0.2) is 54.4 Å². The number of ether oxygens (including phenoxy) is 2. The molecule has 0 aliphatic carbocycles. The Morgan fingerprint density at radius 1 is 1.50 bits per heavy atom. The summed E-state index contributed by atoms with van der Waals surface area (Å²) in [6.45, 7) is 7.16. The Morgan fingerprint density at radius 3 is 2.79 bits per heavy atom. The zero-order valence-electron chi connectivity index (χ0n) is 14.3. The van der Waals surface area contributed by atoms with E-state index in [1.165, 1.54) is 0 Å². The van der Waals surface area contributed by atoms with Crippen LogP contribution in [0.25, 0.3) is 0 Å². The van der Waals surface area contributed by atoms with Crippen LogP contribution in [0.2, 0.25) is 5.15 Å². The fourth-order valence-corrected chi connectivity index (χ4v) is 3.50. The average molecular weight is 421 g/mol. The van der Waals surface area contributed by atoms with E-state index in [9.17, 15) is 4.79 Å². The smallest absolute Gasteiger partial charge is 0.410 e. The second-order valence-corrected chi connectivity index (χ2v) is 7.87. The van der Waals surface area contributed by atoms with Crippen LogP contribution in [0.3, 0.4) is 0 Å². The Hall–Kier alpha value is -0.890. The van der Waals surface area contributed by atoms with Gasteiger partial charge in [-0.15, -0.1) is 0 Å². The summed E-state index contributed by atoms with van der Waals surface area (Å²) in [5.74, 6) is 0. The molecule has 2 atom stereocenters. The van der Waals surface area contributed by atoms with Crippen molar-refractivity contribution < 1.29 is 14.3 Å². The lowest BCUT2D eigenvalue weighted by Crippen LogP contribution is -2.57.